The summed E-state index contributed by atoms with van der Waals surface area (Å²) in [6.45, 7) is 0.786. The van der Waals surface area contributed by atoms with Gasteiger partial charge in [-0.25, -0.2) is 0 Å². The Kier molecular flexibility index (Phi) is 2.47. The highest BCUT2D eigenvalue weighted by Gasteiger charge is 2.23. The second-order valence-corrected chi connectivity index (χ2v) is 4.44. The maximum atomic E-state index is 5.90. The molecule has 2 rings (SSSR count). The van der Waals surface area contributed by atoms with Gasteiger partial charge in [0, 0.05) is 11.0 Å². The fourth-order valence-corrected chi connectivity index (χ4v) is 1.50. The van der Waals surface area contributed by atoms with Gasteiger partial charge in [-0.05, 0) is 12.1 Å². The molecule has 0 amide bonds. The summed E-state index contributed by atoms with van der Waals surface area (Å²) in [4.78, 5) is 0. The second kappa shape index (κ2) is 3.58. The molecule has 1 unspecified atom stereocenters. The van der Waals surface area contributed by atoms with E-state index < -0.39 is 0 Å². The fourth-order valence-electron chi connectivity index (χ4n) is 0.909. The summed E-state index contributed by atoms with van der Waals surface area (Å²) in [7, 11) is 0. The SMILES string of the molecule is Clc1ccccc1OCC1CS1. The van der Waals surface area contributed by atoms with Crippen molar-refractivity contribution in [1.82, 2.24) is 0 Å². The second-order valence-electron chi connectivity index (χ2n) is 2.70. The quantitative estimate of drug-likeness (QED) is 0.694. The minimum Gasteiger partial charge on any atom is -0.491 e. The standard InChI is InChI=1S/C9H9ClOS/c10-8-3-1-2-4-9(8)11-5-7-6-12-7/h1-4,7H,5-6H2. The molecule has 64 valence electrons. The van der Waals surface area contributed by atoms with Gasteiger partial charge in [0.2, 0.25) is 0 Å². The van der Waals surface area contributed by atoms with E-state index in [2.05, 4.69) is 0 Å². The number of halogens is 1. The van der Waals surface area contributed by atoms with Crippen molar-refractivity contribution in [2.75, 3.05) is 12.4 Å². The molecular formula is C9H9ClOS. The molecule has 1 saturated heterocycles. The molecule has 0 aliphatic carbocycles. The third-order valence-electron chi connectivity index (χ3n) is 1.66. The van der Waals surface area contributed by atoms with E-state index in [0.29, 0.717) is 10.3 Å². The van der Waals surface area contributed by atoms with Crippen LogP contribution in [0.25, 0.3) is 0 Å². The molecule has 3 heteroatoms. The molecule has 0 spiro atoms. The Bertz CT molecular complexity index is 273. The molecule has 0 bridgehead atoms. The molecule has 1 fully saturated rings. The van der Waals surface area contributed by atoms with Crippen molar-refractivity contribution in [3.63, 3.8) is 0 Å². The monoisotopic (exact) mass is 200 g/mol. The smallest absolute Gasteiger partial charge is 0.137 e. The van der Waals surface area contributed by atoms with Crippen LogP contribution in [0.1, 0.15) is 0 Å². The molecular weight excluding hydrogens is 192 g/mol. The van der Waals surface area contributed by atoms with E-state index in [9.17, 15) is 0 Å². The number of rotatable bonds is 3. The Morgan fingerprint density at radius 3 is 2.92 bits per heavy atom. The van der Waals surface area contributed by atoms with Crippen LogP contribution < -0.4 is 4.74 Å². The van der Waals surface area contributed by atoms with Crippen molar-refractivity contribution in [3.05, 3.63) is 29.3 Å². The minimum absolute atomic E-state index is 0.696. The van der Waals surface area contributed by atoms with Crippen LogP contribution in [0, 0.1) is 0 Å². The summed E-state index contributed by atoms with van der Waals surface area (Å²) >= 11 is 7.82. The molecule has 1 nitrogen and oxygen atoms in total. The number of hydrogen-bond donors (Lipinski definition) is 0. The van der Waals surface area contributed by atoms with Gasteiger partial charge in [0.15, 0.2) is 0 Å². The first-order valence-electron chi connectivity index (χ1n) is 3.85. The summed E-state index contributed by atoms with van der Waals surface area (Å²) in [6.07, 6.45) is 0. The number of hydrogen-bond acceptors (Lipinski definition) is 2. The molecule has 1 aliphatic heterocycles. The van der Waals surface area contributed by atoms with E-state index in [1.54, 1.807) is 0 Å². The normalized spacial score (nSPS) is 20.6. The number of thioether (sulfide) groups is 1. The molecule has 1 aliphatic rings. The molecule has 1 aromatic rings. The molecule has 0 saturated carbocycles. The van der Waals surface area contributed by atoms with E-state index >= 15 is 0 Å². The summed E-state index contributed by atoms with van der Waals surface area (Å²) in [5, 5.41) is 1.39. The number of ether oxygens (including phenoxy) is 1. The van der Waals surface area contributed by atoms with Crippen molar-refractivity contribution < 1.29 is 4.74 Å². The van der Waals surface area contributed by atoms with E-state index in [1.807, 2.05) is 36.0 Å². The zero-order valence-electron chi connectivity index (χ0n) is 6.50. The molecule has 1 aromatic carbocycles. The predicted octanol–water partition coefficient (Wildman–Crippen LogP) is 2.83. The Labute approximate surface area is 81.1 Å². The van der Waals surface area contributed by atoms with Crippen molar-refractivity contribution in [2.24, 2.45) is 0 Å². The average Bonchev–Trinajstić information content (AvgIpc) is 2.86. The fraction of sp³-hybridized carbons (Fsp3) is 0.333. The van der Waals surface area contributed by atoms with Crippen molar-refractivity contribution in [3.8, 4) is 5.75 Å². The summed E-state index contributed by atoms with van der Waals surface area (Å²) in [5.74, 6) is 2.02. The van der Waals surface area contributed by atoms with Crippen molar-refractivity contribution in [1.29, 1.82) is 0 Å². The summed E-state index contributed by atoms with van der Waals surface area (Å²) in [5.41, 5.74) is 0. The summed E-state index contributed by atoms with van der Waals surface area (Å²) in [6, 6.07) is 7.58. The molecule has 0 radical (unpaired) electrons. The van der Waals surface area contributed by atoms with Gasteiger partial charge in [0.05, 0.1) is 5.02 Å². The Morgan fingerprint density at radius 1 is 1.50 bits per heavy atom. The Morgan fingerprint density at radius 2 is 2.25 bits per heavy atom. The zero-order chi connectivity index (χ0) is 8.39. The predicted molar refractivity (Wildman–Crippen MR) is 53.2 cm³/mol. The average molecular weight is 201 g/mol. The molecule has 1 heterocycles. The van der Waals surface area contributed by atoms with Gasteiger partial charge in [0.1, 0.15) is 12.4 Å². The highest BCUT2D eigenvalue weighted by Crippen LogP contribution is 2.31. The summed E-state index contributed by atoms with van der Waals surface area (Å²) < 4.78 is 5.51. The van der Waals surface area contributed by atoms with Gasteiger partial charge < -0.3 is 4.74 Å². The van der Waals surface area contributed by atoms with Crippen LogP contribution in [0.2, 0.25) is 5.02 Å². The van der Waals surface area contributed by atoms with E-state index in [4.69, 9.17) is 16.3 Å². The van der Waals surface area contributed by atoms with Gasteiger partial charge in [-0.1, -0.05) is 23.7 Å². The third-order valence-corrected chi connectivity index (χ3v) is 2.92. The van der Waals surface area contributed by atoms with E-state index in [0.717, 1.165) is 12.4 Å². The maximum absolute atomic E-state index is 5.90. The largest absolute Gasteiger partial charge is 0.491 e. The molecule has 0 N–H and O–H groups in total. The number of para-hydroxylation sites is 1. The lowest BCUT2D eigenvalue weighted by atomic mass is 10.3. The van der Waals surface area contributed by atoms with E-state index in [1.165, 1.54) is 5.75 Å². The van der Waals surface area contributed by atoms with Gasteiger partial charge in [-0.2, -0.15) is 11.8 Å². The first-order valence-corrected chi connectivity index (χ1v) is 5.28. The topological polar surface area (TPSA) is 9.23 Å². The van der Waals surface area contributed by atoms with Crippen molar-refractivity contribution in [2.45, 2.75) is 5.25 Å². The van der Waals surface area contributed by atoms with Crippen LogP contribution in [-0.2, 0) is 0 Å². The third kappa shape index (κ3) is 2.08. The highest BCUT2D eigenvalue weighted by atomic mass is 35.5. The minimum atomic E-state index is 0.696. The van der Waals surface area contributed by atoms with Gasteiger partial charge in [-0.15, -0.1) is 0 Å². The Balaban J connectivity index is 1.96. The maximum Gasteiger partial charge on any atom is 0.137 e. The van der Waals surface area contributed by atoms with E-state index in [-0.39, 0.29) is 0 Å². The first-order chi connectivity index (χ1) is 5.86. The van der Waals surface area contributed by atoms with Crippen LogP contribution in [0.5, 0.6) is 5.75 Å². The van der Waals surface area contributed by atoms with Gasteiger partial charge in [0.25, 0.3) is 0 Å². The van der Waals surface area contributed by atoms with Crippen LogP contribution in [0.3, 0.4) is 0 Å². The van der Waals surface area contributed by atoms with Crippen LogP contribution in [0.4, 0.5) is 0 Å². The van der Waals surface area contributed by atoms with Crippen LogP contribution in [0.15, 0.2) is 24.3 Å². The van der Waals surface area contributed by atoms with Gasteiger partial charge >= 0.3 is 0 Å². The van der Waals surface area contributed by atoms with Crippen LogP contribution >= 0.6 is 23.4 Å². The molecule has 0 aromatic heterocycles. The highest BCUT2D eigenvalue weighted by molar-refractivity contribution is 8.06. The van der Waals surface area contributed by atoms with Crippen LogP contribution in [-0.4, -0.2) is 17.6 Å². The van der Waals surface area contributed by atoms with Crippen molar-refractivity contribution >= 4 is 23.4 Å². The first kappa shape index (κ1) is 8.27. The molecule has 1 atom stereocenters. The lowest BCUT2D eigenvalue weighted by Crippen LogP contribution is -2.02. The molecule has 12 heavy (non-hydrogen) atoms. The Hall–Kier alpha value is -0.340. The lowest BCUT2D eigenvalue weighted by Gasteiger charge is -2.05. The lowest BCUT2D eigenvalue weighted by molar-refractivity contribution is 0.330. The zero-order valence-corrected chi connectivity index (χ0v) is 8.07. The number of benzene rings is 1. The van der Waals surface area contributed by atoms with Gasteiger partial charge in [-0.3, -0.25) is 0 Å².